The van der Waals surface area contributed by atoms with Gasteiger partial charge in [0.2, 0.25) is 10.0 Å². The van der Waals surface area contributed by atoms with E-state index >= 15 is 0 Å². The molecule has 2 aliphatic heterocycles. The molecule has 0 aliphatic carbocycles. The van der Waals surface area contributed by atoms with Crippen molar-refractivity contribution in [3.8, 4) is 0 Å². The van der Waals surface area contributed by atoms with Gasteiger partial charge in [-0.05, 0) is 44.7 Å². The Morgan fingerprint density at radius 3 is 2.10 bits per heavy atom. The summed E-state index contributed by atoms with van der Waals surface area (Å²) in [7, 11) is -4.20. The van der Waals surface area contributed by atoms with E-state index in [1.807, 2.05) is 5.32 Å². The average molecular weight is 445 g/mol. The number of nitrogens with one attached hydrogen (secondary N) is 1. The first-order valence-corrected chi connectivity index (χ1v) is 10.1. The number of aromatic nitrogens is 1. The van der Waals surface area contributed by atoms with Gasteiger partial charge in [0.05, 0.1) is 5.69 Å². The predicted octanol–water partition coefficient (Wildman–Crippen LogP) is 2.77. The second-order valence-corrected chi connectivity index (χ2v) is 8.95. The minimum Gasteiger partial charge on any atom is -0.345 e. The lowest BCUT2D eigenvalue weighted by Crippen LogP contribution is -2.54. The lowest BCUT2D eigenvalue weighted by molar-refractivity contribution is -0.174. The Balaban J connectivity index is 1.82. The topological polar surface area (TPSA) is 79.4 Å². The highest BCUT2D eigenvalue weighted by molar-refractivity contribution is 7.89. The van der Waals surface area contributed by atoms with Crippen molar-refractivity contribution in [3.63, 3.8) is 0 Å². The van der Waals surface area contributed by atoms with E-state index in [9.17, 15) is 39.6 Å². The number of alkyl halides is 6. The first-order valence-electron chi connectivity index (χ1n) is 8.67. The molecule has 2 fully saturated rings. The van der Waals surface area contributed by atoms with E-state index in [4.69, 9.17) is 0 Å². The van der Waals surface area contributed by atoms with Crippen LogP contribution in [0.25, 0.3) is 0 Å². The molecular formula is C16H17F6N3O3S. The van der Waals surface area contributed by atoms with Gasteiger partial charge < -0.3 is 5.32 Å². The van der Waals surface area contributed by atoms with Crippen LogP contribution in [0.2, 0.25) is 0 Å². The van der Waals surface area contributed by atoms with Crippen molar-refractivity contribution in [1.29, 1.82) is 0 Å². The standard InChI is InChI=1S/C16H17F6N3O3S/c1-8-12(4-5-13(23-8)15(17,18)19)29(27,28)25-10-2-3-11(25)7-9(6-10)24-14(26)16(20,21)22/h4-5,9-11H,2-3,6-7H2,1H3,(H,24,26)/t9?,10-,11+. The Bertz CT molecular complexity index is 901. The summed E-state index contributed by atoms with van der Waals surface area (Å²) in [5, 5.41) is 1.88. The molecule has 1 aromatic heterocycles. The third kappa shape index (κ3) is 4.20. The second-order valence-electron chi connectivity index (χ2n) is 7.14. The van der Waals surface area contributed by atoms with Crippen LogP contribution >= 0.6 is 0 Å². The maximum absolute atomic E-state index is 13.1. The van der Waals surface area contributed by atoms with E-state index in [-0.39, 0.29) is 23.4 Å². The highest BCUT2D eigenvalue weighted by Gasteiger charge is 2.49. The van der Waals surface area contributed by atoms with Crippen LogP contribution in [0.1, 0.15) is 37.1 Å². The summed E-state index contributed by atoms with van der Waals surface area (Å²) in [6.07, 6.45) is -9.01. The number of aryl methyl sites for hydroxylation is 1. The molecule has 0 radical (unpaired) electrons. The van der Waals surface area contributed by atoms with Gasteiger partial charge >= 0.3 is 18.3 Å². The zero-order valence-corrected chi connectivity index (χ0v) is 15.8. The number of rotatable bonds is 3. The molecule has 0 spiro atoms. The van der Waals surface area contributed by atoms with E-state index < -0.39 is 52.1 Å². The number of halogens is 6. The fraction of sp³-hybridized carbons (Fsp3) is 0.625. The van der Waals surface area contributed by atoms with Crippen LogP contribution < -0.4 is 5.32 Å². The van der Waals surface area contributed by atoms with E-state index in [0.717, 1.165) is 17.3 Å². The van der Waals surface area contributed by atoms with E-state index in [1.165, 1.54) is 0 Å². The van der Waals surface area contributed by atoms with Gasteiger partial charge in [0.25, 0.3) is 0 Å². The van der Waals surface area contributed by atoms with Crippen molar-refractivity contribution < 1.29 is 39.6 Å². The molecule has 29 heavy (non-hydrogen) atoms. The van der Waals surface area contributed by atoms with Gasteiger partial charge in [-0.25, -0.2) is 13.4 Å². The van der Waals surface area contributed by atoms with Crippen LogP contribution in [-0.4, -0.2) is 47.9 Å². The molecule has 3 heterocycles. The Labute approximate surface area is 162 Å². The number of hydrogen-bond acceptors (Lipinski definition) is 4. The third-order valence-corrected chi connectivity index (χ3v) is 7.28. The Morgan fingerprint density at radius 1 is 1.10 bits per heavy atom. The summed E-state index contributed by atoms with van der Waals surface area (Å²) >= 11 is 0. The van der Waals surface area contributed by atoms with Gasteiger partial charge in [0.15, 0.2) is 0 Å². The number of carbonyl (C=O) groups excluding carboxylic acids is 1. The number of pyridine rings is 1. The van der Waals surface area contributed by atoms with Crippen molar-refractivity contribution in [3.05, 3.63) is 23.5 Å². The summed E-state index contributed by atoms with van der Waals surface area (Å²) < 4.78 is 103. The molecule has 1 unspecified atom stereocenters. The summed E-state index contributed by atoms with van der Waals surface area (Å²) in [6.45, 7) is 1.15. The van der Waals surface area contributed by atoms with Gasteiger partial charge in [-0.1, -0.05) is 0 Å². The fourth-order valence-corrected chi connectivity index (χ4v) is 6.06. The van der Waals surface area contributed by atoms with Crippen molar-refractivity contribution in [1.82, 2.24) is 14.6 Å². The molecule has 3 rings (SSSR count). The maximum atomic E-state index is 13.1. The second kappa shape index (κ2) is 7.11. The van der Waals surface area contributed by atoms with Gasteiger partial charge in [-0.3, -0.25) is 4.79 Å². The number of amides is 1. The summed E-state index contributed by atoms with van der Waals surface area (Å²) in [6, 6.07) is -0.715. The first-order chi connectivity index (χ1) is 13.2. The molecule has 2 saturated heterocycles. The Kier molecular flexibility index (Phi) is 5.35. The van der Waals surface area contributed by atoms with Crippen LogP contribution in [0.5, 0.6) is 0 Å². The van der Waals surface area contributed by atoms with E-state index in [2.05, 4.69) is 4.98 Å². The molecule has 1 N–H and O–H groups in total. The molecule has 13 heteroatoms. The summed E-state index contributed by atoms with van der Waals surface area (Å²) in [5.41, 5.74) is -1.53. The van der Waals surface area contributed by atoms with Crippen LogP contribution in [0.4, 0.5) is 26.3 Å². The molecule has 1 amide bonds. The number of sulfonamides is 1. The molecule has 3 atom stereocenters. The average Bonchev–Trinajstić information content (AvgIpc) is 2.85. The lowest BCUT2D eigenvalue weighted by atomic mass is 10.00. The fourth-order valence-electron chi connectivity index (χ4n) is 4.00. The molecule has 162 valence electrons. The number of nitrogens with zero attached hydrogens (tertiary/aromatic N) is 2. The minimum absolute atomic E-state index is 0.00927. The summed E-state index contributed by atoms with van der Waals surface area (Å²) in [5.74, 6) is -2.08. The number of piperidine rings is 1. The smallest absolute Gasteiger partial charge is 0.345 e. The highest BCUT2D eigenvalue weighted by Crippen LogP contribution is 2.41. The first kappa shape index (κ1) is 21.8. The van der Waals surface area contributed by atoms with Gasteiger partial charge in [-0.15, -0.1) is 0 Å². The van der Waals surface area contributed by atoms with Gasteiger partial charge in [0.1, 0.15) is 10.6 Å². The maximum Gasteiger partial charge on any atom is 0.471 e. The van der Waals surface area contributed by atoms with Crippen molar-refractivity contribution in [2.24, 2.45) is 0 Å². The number of hydrogen-bond donors (Lipinski definition) is 1. The molecule has 0 aromatic carbocycles. The monoisotopic (exact) mass is 445 g/mol. The molecule has 2 bridgehead atoms. The van der Waals surface area contributed by atoms with Crippen LogP contribution in [0.15, 0.2) is 17.0 Å². The number of carbonyl (C=O) groups is 1. The van der Waals surface area contributed by atoms with Gasteiger partial charge in [-0.2, -0.15) is 30.6 Å². The van der Waals surface area contributed by atoms with Crippen LogP contribution in [0, 0.1) is 6.92 Å². The van der Waals surface area contributed by atoms with Crippen molar-refractivity contribution in [2.75, 3.05) is 0 Å². The normalized spacial score (nSPS) is 25.8. The summed E-state index contributed by atoms with van der Waals surface area (Å²) in [4.78, 5) is 14.1. The van der Waals surface area contributed by atoms with Gasteiger partial charge in [0, 0.05) is 18.1 Å². The van der Waals surface area contributed by atoms with E-state index in [0.29, 0.717) is 18.9 Å². The van der Waals surface area contributed by atoms with Crippen LogP contribution in [0.3, 0.4) is 0 Å². The zero-order valence-electron chi connectivity index (χ0n) is 15.0. The zero-order chi connectivity index (χ0) is 21.8. The van der Waals surface area contributed by atoms with Crippen molar-refractivity contribution in [2.45, 2.75) is 68.0 Å². The van der Waals surface area contributed by atoms with Crippen LogP contribution in [-0.2, 0) is 21.0 Å². The largest absolute Gasteiger partial charge is 0.471 e. The van der Waals surface area contributed by atoms with Crippen molar-refractivity contribution >= 4 is 15.9 Å². The molecule has 1 aromatic rings. The quantitative estimate of drug-likeness (QED) is 0.726. The molecular weight excluding hydrogens is 428 g/mol. The number of fused-ring (bicyclic) bond motifs is 2. The molecule has 0 saturated carbocycles. The predicted molar refractivity (Wildman–Crippen MR) is 87.0 cm³/mol. The molecule has 6 nitrogen and oxygen atoms in total. The SMILES string of the molecule is Cc1nc(C(F)(F)F)ccc1S(=O)(=O)N1[C@@H]2CC[C@H]1CC(NC(=O)C(F)(F)F)C2. The molecule has 2 aliphatic rings. The Hall–Kier alpha value is -1.89. The third-order valence-electron chi connectivity index (χ3n) is 5.14. The minimum atomic E-state index is -5.04. The van der Waals surface area contributed by atoms with E-state index in [1.54, 1.807) is 0 Å². The lowest BCUT2D eigenvalue weighted by Gasteiger charge is -2.38. The highest BCUT2D eigenvalue weighted by atomic mass is 32.2. The Morgan fingerprint density at radius 2 is 1.66 bits per heavy atom.